The summed E-state index contributed by atoms with van der Waals surface area (Å²) in [6, 6.07) is 26.9. The van der Waals surface area contributed by atoms with Gasteiger partial charge in [-0.1, -0.05) is 61.2 Å². The van der Waals surface area contributed by atoms with Crippen LogP contribution < -0.4 is 9.64 Å². The van der Waals surface area contributed by atoms with Gasteiger partial charge in [0.25, 0.3) is 0 Å². The first-order chi connectivity index (χ1) is 13.8. The molecule has 4 rings (SSSR count). The van der Waals surface area contributed by atoms with Crippen LogP contribution >= 0.6 is 0 Å². The summed E-state index contributed by atoms with van der Waals surface area (Å²) >= 11 is 0. The molecule has 1 fully saturated rings. The van der Waals surface area contributed by atoms with Crippen molar-refractivity contribution in [3.63, 3.8) is 0 Å². The van der Waals surface area contributed by atoms with Gasteiger partial charge < -0.3 is 9.64 Å². The van der Waals surface area contributed by atoms with Gasteiger partial charge in [-0.15, -0.1) is 0 Å². The summed E-state index contributed by atoms with van der Waals surface area (Å²) in [7, 11) is 0. The average Bonchev–Trinajstić information content (AvgIpc) is 3.29. The third-order valence-corrected chi connectivity index (χ3v) is 5.08. The zero-order valence-electron chi connectivity index (χ0n) is 16.1. The molecule has 2 heteroatoms. The largest absolute Gasteiger partial charge is 0.457 e. The van der Waals surface area contributed by atoms with Crippen molar-refractivity contribution >= 4 is 11.3 Å². The molecule has 0 aromatic heterocycles. The van der Waals surface area contributed by atoms with E-state index in [4.69, 9.17) is 4.74 Å². The number of allylic oxidation sites excluding steroid dienone is 2. The molecular weight excluding hydrogens is 342 g/mol. The number of anilines is 1. The van der Waals surface area contributed by atoms with Crippen molar-refractivity contribution in [3.05, 3.63) is 109 Å². The molecule has 0 N–H and O–H groups in total. The summed E-state index contributed by atoms with van der Waals surface area (Å²) in [5.74, 6) is 1.67. The maximum atomic E-state index is 5.91. The van der Waals surface area contributed by atoms with Gasteiger partial charge in [-0.2, -0.15) is 0 Å². The summed E-state index contributed by atoms with van der Waals surface area (Å²) in [6.07, 6.45) is 6.50. The topological polar surface area (TPSA) is 12.5 Å². The van der Waals surface area contributed by atoms with Crippen molar-refractivity contribution < 1.29 is 4.74 Å². The fourth-order valence-electron chi connectivity index (χ4n) is 3.63. The number of hydrogen-bond acceptors (Lipinski definition) is 2. The van der Waals surface area contributed by atoms with Gasteiger partial charge in [0.2, 0.25) is 0 Å². The minimum absolute atomic E-state index is 0.831. The molecule has 28 heavy (non-hydrogen) atoms. The lowest BCUT2D eigenvalue weighted by molar-refractivity contribution is 0.482. The predicted molar refractivity (Wildman–Crippen MR) is 118 cm³/mol. The summed E-state index contributed by atoms with van der Waals surface area (Å²) in [5, 5.41) is 0. The van der Waals surface area contributed by atoms with Gasteiger partial charge in [0, 0.05) is 18.8 Å². The zero-order valence-corrected chi connectivity index (χ0v) is 16.1. The molecule has 0 amide bonds. The van der Waals surface area contributed by atoms with Gasteiger partial charge in [-0.3, -0.25) is 0 Å². The van der Waals surface area contributed by atoms with Gasteiger partial charge in [0.1, 0.15) is 11.5 Å². The molecule has 0 aliphatic carbocycles. The van der Waals surface area contributed by atoms with Crippen LogP contribution in [-0.4, -0.2) is 13.1 Å². The van der Waals surface area contributed by atoms with Crippen molar-refractivity contribution in [2.45, 2.75) is 12.8 Å². The third kappa shape index (κ3) is 4.17. The quantitative estimate of drug-likeness (QED) is 0.450. The molecule has 0 radical (unpaired) electrons. The first-order valence-corrected chi connectivity index (χ1v) is 9.85. The normalized spacial score (nSPS) is 14.1. The van der Waals surface area contributed by atoms with Gasteiger partial charge >= 0.3 is 0 Å². The lowest BCUT2D eigenvalue weighted by atomic mass is 9.97. The Hall–Kier alpha value is -3.26. The van der Waals surface area contributed by atoms with E-state index in [9.17, 15) is 0 Å². The van der Waals surface area contributed by atoms with E-state index in [2.05, 4.69) is 54.0 Å². The second-order valence-corrected chi connectivity index (χ2v) is 7.00. The van der Waals surface area contributed by atoms with Gasteiger partial charge in [0.05, 0.1) is 0 Å². The Morgan fingerprint density at radius 1 is 0.750 bits per heavy atom. The molecule has 0 saturated carbocycles. The number of benzene rings is 3. The molecule has 0 bridgehead atoms. The Balaban J connectivity index is 1.54. The monoisotopic (exact) mass is 367 g/mol. The molecule has 1 aliphatic rings. The number of rotatable bonds is 6. The van der Waals surface area contributed by atoms with E-state index in [1.807, 2.05) is 48.5 Å². The molecular formula is C26H25NO. The maximum Gasteiger partial charge on any atom is 0.127 e. The minimum atomic E-state index is 0.831. The molecule has 1 aliphatic heterocycles. The number of ether oxygens (including phenoxy) is 1. The molecule has 0 atom stereocenters. The Bertz CT molecular complexity index is 934. The molecule has 3 aromatic rings. The molecule has 140 valence electrons. The van der Waals surface area contributed by atoms with Crippen molar-refractivity contribution in [2.75, 3.05) is 18.0 Å². The first kappa shape index (κ1) is 18.1. The lowest BCUT2D eigenvalue weighted by Crippen LogP contribution is -2.17. The predicted octanol–water partition coefficient (Wildman–Crippen LogP) is 6.70. The molecule has 2 nitrogen and oxygen atoms in total. The van der Waals surface area contributed by atoms with Crippen LogP contribution in [0, 0.1) is 0 Å². The molecule has 1 heterocycles. The first-order valence-electron chi connectivity index (χ1n) is 9.85. The highest BCUT2D eigenvalue weighted by Gasteiger charge is 2.12. The van der Waals surface area contributed by atoms with Crippen LogP contribution in [-0.2, 0) is 0 Å². The average molecular weight is 367 g/mol. The Kier molecular flexibility index (Phi) is 5.58. The van der Waals surface area contributed by atoms with Gasteiger partial charge in [-0.25, -0.2) is 0 Å². The SMILES string of the molecule is C=C/C=C(/c1ccc(Oc2ccccc2)cc1)c1ccc(N2CCCC2)cc1. The summed E-state index contributed by atoms with van der Waals surface area (Å²) in [6.45, 7) is 6.22. The number of nitrogens with zero attached hydrogens (tertiary/aromatic N) is 1. The van der Waals surface area contributed by atoms with E-state index in [1.54, 1.807) is 0 Å². The number of hydrogen-bond donors (Lipinski definition) is 0. The van der Waals surface area contributed by atoms with E-state index in [1.165, 1.54) is 24.1 Å². The van der Waals surface area contributed by atoms with Crippen molar-refractivity contribution in [2.24, 2.45) is 0 Å². The molecule has 1 saturated heterocycles. The molecule has 0 spiro atoms. The second-order valence-electron chi connectivity index (χ2n) is 7.00. The fourth-order valence-corrected chi connectivity index (χ4v) is 3.63. The van der Waals surface area contributed by atoms with Crippen molar-refractivity contribution in [3.8, 4) is 11.5 Å². The van der Waals surface area contributed by atoms with Crippen LogP contribution in [0.4, 0.5) is 5.69 Å². The summed E-state index contributed by atoms with van der Waals surface area (Å²) in [5.41, 5.74) is 4.81. The van der Waals surface area contributed by atoms with Crippen LogP contribution in [0.3, 0.4) is 0 Å². The van der Waals surface area contributed by atoms with Crippen LogP contribution in [0.1, 0.15) is 24.0 Å². The maximum absolute atomic E-state index is 5.91. The zero-order chi connectivity index (χ0) is 19.2. The van der Waals surface area contributed by atoms with Crippen LogP contribution in [0.15, 0.2) is 97.6 Å². The smallest absolute Gasteiger partial charge is 0.127 e. The summed E-state index contributed by atoms with van der Waals surface area (Å²) in [4.78, 5) is 2.45. The standard InChI is InChI=1S/C26H25NO/c1-2-8-26(21-11-15-23(16-12-21)27-19-6-7-20-27)22-13-17-25(18-14-22)28-24-9-4-3-5-10-24/h2-5,8-18H,1,6-7,19-20H2/b26-8+. The Labute approximate surface area is 167 Å². The highest BCUT2D eigenvalue weighted by molar-refractivity contribution is 5.81. The van der Waals surface area contributed by atoms with Crippen LogP contribution in [0.2, 0.25) is 0 Å². The molecule has 3 aromatic carbocycles. The van der Waals surface area contributed by atoms with Gasteiger partial charge in [-0.05, 0) is 65.9 Å². The highest BCUT2D eigenvalue weighted by Crippen LogP contribution is 2.29. The van der Waals surface area contributed by atoms with E-state index < -0.39 is 0 Å². The molecule has 0 unspecified atom stereocenters. The van der Waals surface area contributed by atoms with E-state index in [-0.39, 0.29) is 0 Å². The van der Waals surface area contributed by atoms with Crippen LogP contribution in [0.5, 0.6) is 11.5 Å². The Morgan fingerprint density at radius 3 is 1.93 bits per heavy atom. The van der Waals surface area contributed by atoms with E-state index in [0.717, 1.165) is 35.7 Å². The summed E-state index contributed by atoms with van der Waals surface area (Å²) < 4.78 is 5.91. The van der Waals surface area contributed by atoms with Gasteiger partial charge in [0.15, 0.2) is 0 Å². The second kappa shape index (κ2) is 8.62. The van der Waals surface area contributed by atoms with E-state index >= 15 is 0 Å². The van der Waals surface area contributed by atoms with Crippen molar-refractivity contribution in [1.29, 1.82) is 0 Å². The Morgan fingerprint density at radius 2 is 1.32 bits per heavy atom. The fraction of sp³-hybridized carbons (Fsp3) is 0.154. The van der Waals surface area contributed by atoms with Crippen molar-refractivity contribution in [1.82, 2.24) is 0 Å². The van der Waals surface area contributed by atoms with E-state index in [0.29, 0.717) is 0 Å². The minimum Gasteiger partial charge on any atom is -0.457 e. The van der Waals surface area contributed by atoms with Crippen LogP contribution in [0.25, 0.3) is 5.57 Å². The third-order valence-electron chi connectivity index (χ3n) is 5.08. The highest BCUT2D eigenvalue weighted by atomic mass is 16.5. The number of para-hydroxylation sites is 1. The lowest BCUT2D eigenvalue weighted by Gasteiger charge is -2.18.